The van der Waals surface area contributed by atoms with Crippen molar-refractivity contribution in [1.29, 1.82) is 0 Å². The van der Waals surface area contributed by atoms with E-state index >= 15 is 0 Å². The van der Waals surface area contributed by atoms with Gasteiger partial charge >= 0.3 is 0 Å². The minimum atomic E-state index is 0.550. The fourth-order valence-electron chi connectivity index (χ4n) is 8.41. The molecule has 0 amide bonds. The maximum atomic E-state index is 6.38. The van der Waals surface area contributed by atoms with E-state index in [-0.39, 0.29) is 0 Å². The number of fused-ring (bicyclic) bond motifs is 5. The Labute approximate surface area is 175 Å². The fourth-order valence-corrected chi connectivity index (χ4v) is 8.41. The minimum absolute atomic E-state index is 0.550. The second-order valence-electron chi connectivity index (χ2n) is 12.0. The van der Waals surface area contributed by atoms with Gasteiger partial charge < -0.3 is 9.64 Å². The molecule has 0 heterocycles. The third kappa shape index (κ3) is 3.70. The van der Waals surface area contributed by atoms with Crippen molar-refractivity contribution in [2.75, 3.05) is 27.2 Å². The standard InChI is InChI=1S/C26H47NO/c1-19-8-11-23-22-10-9-20-18-21(28-17-7-6-16-27(4)5)12-14-26(20,3)24(22)13-15-25(19,23)2/h19-24H,6-18H2,1-5H3/t19-,20?,21-,22?,23?,24?,25+,26-/m0/s1. The summed E-state index contributed by atoms with van der Waals surface area (Å²) in [4.78, 5) is 2.28. The summed E-state index contributed by atoms with van der Waals surface area (Å²) in [5, 5.41) is 0. The summed E-state index contributed by atoms with van der Waals surface area (Å²) in [6.45, 7) is 10.1. The number of hydrogen-bond donors (Lipinski definition) is 0. The zero-order valence-electron chi connectivity index (χ0n) is 19.5. The van der Waals surface area contributed by atoms with Crippen LogP contribution in [0.1, 0.15) is 91.4 Å². The molecule has 4 saturated carbocycles. The summed E-state index contributed by atoms with van der Waals surface area (Å²) in [5.74, 6) is 4.96. The average molecular weight is 390 g/mol. The van der Waals surface area contributed by atoms with Crippen LogP contribution in [0.15, 0.2) is 0 Å². The quantitative estimate of drug-likeness (QED) is 0.488. The van der Waals surface area contributed by atoms with Crippen molar-refractivity contribution in [1.82, 2.24) is 4.90 Å². The second kappa shape index (κ2) is 8.22. The summed E-state index contributed by atoms with van der Waals surface area (Å²) in [7, 11) is 4.33. The van der Waals surface area contributed by atoms with E-state index in [9.17, 15) is 0 Å². The van der Waals surface area contributed by atoms with Crippen LogP contribution in [0.2, 0.25) is 0 Å². The number of unbranched alkanes of at least 4 members (excludes halogenated alkanes) is 1. The van der Waals surface area contributed by atoms with E-state index in [1.807, 2.05) is 0 Å². The van der Waals surface area contributed by atoms with Crippen LogP contribution in [0.5, 0.6) is 0 Å². The van der Waals surface area contributed by atoms with E-state index < -0.39 is 0 Å². The van der Waals surface area contributed by atoms with Gasteiger partial charge in [-0.15, -0.1) is 0 Å². The SMILES string of the molecule is C[C@H]1CCC2C3CCC4C[C@@H](OCCCCN(C)C)CC[C@]4(C)C3CC[C@@]21C. The molecule has 0 spiro atoms. The van der Waals surface area contributed by atoms with E-state index in [1.54, 1.807) is 0 Å². The first-order valence-corrected chi connectivity index (χ1v) is 12.6. The van der Waals surface area contributed by atoms with Gasteiger partial charge in [0, 0.05) is 6.61 Å². The molecule has 0 aromatic heterocycles. The first-order chi connectivity index (χ1) is 13.3. The van der Waals surface area contributed by atoms with Crippen LogP contribution in [0.4, 0.5) is 0 Å². The van der Waals surface area contributed by atoms with Crippen molar-refractivity contribution >= 4 is 0 Å². The molecule has 0 bridgehead atoms. The number of hydrogen-bond acceptors (Lipinski definition) is 2. The molecule has 0 N–H and O–H groups in total. The number of rotatable bonds is 6. The molecule has 4 fully saturated rings. The Morgan fingerprint density at radius 3 is 2.39 bits per heavy atom. The molecule has 2 heteroatoms. The molecule has 28 heavy (non-hydrogen) atoms. The van der Waals surface area contributed by atoms with Crippen molar-refractivity contribution in [2.45, 2.75) is 97.5 Å². The van der Waals surface area contributed by atoms with Crippen molar-refractivity contribution in [2.24, 2.45) is 40.4 Å². The van der Waals surface area contributed by atoms with Gasteiger partial charge in [0.05, 0.1) is 6.10 Å². The van der Waals surface area contributed by atoms with Gasteiger partial charge in [0.15, 0.2) is 0 Å². The zero-order chi connectivity index (χ0) is 19.9. The zero-order valence-corrected chi connectivity index (χ0v) is 19.5. The summed E-state index contributed by atoms with van der Waals surface area (Å²) in [5.41, 5.74) is 1.28. The maximum absolute atomic E-state index is 6.38. The predicted molar refractivity (Wildman–Crippen MR) is 118 cm³/mol. The van der Waals surface area contributed by atoms with Crippen LogP contribution in [0, 0.1) is 40.4 Å². The lowest BCUT2D eigenvalue weighted by Gasteiger charge is -2.61. The molecule has 4 aliphatic rings. The Hall–Kier alpha value is -0.0800. The lowest BCUT2D eigenvalue weighted by Crippen LogP contribution is -2.54. The van der Waals surface area contributed by atoms with Gasteiger partial charge in [-0.2, -0.15) is 0 Å². The van der Waals surface area contributed by atoms with Gasteiger partial charge in [0.25, 0.3) is 0 Å². The molecule has 8 atom stereocenters. The topological polar surface area (TPSA) is 12.5 Å². The van der Waals surface area contributed by atoms with E-state index in [0.29, 0.717) is 16.9 Å². The largest absolute Gasteiger partial charge is 0.378 e. The van der Waals surface area contributed by atoms with Gasteiger partial charge in [-0.05, 0) is 132 Å². The highest BCUT2D eigenvalue weighted by Crippen LogP contribution is 2.67. The van der Waals surface area contributed by atoms with E-state index in [0.717, 1.165) is 36.2 Å². The Bertz CT molecular complexity index is 533. The van der Waals surface area contributed by atoms with Crippen molar-refractivity contribution in [3.8, 4) is 0 Å². The van der Waals surface area contributed by atoms with Crippen molar-refractivity contribution < 1.29 is 4.74 Å². The van der Waals surface area contributed by atoms with Gasteiger partial charge in [-0.25, -0.2) is 0 Å². The normalized spacial score (nSPS) is 48.2. The van der Waals surface area contributed by atoms with Gasteiger partial charge in [0.2, 0.25) is 0 Å². The van der Waals surface area contributed by atoms with Crippen molar-refractivity contribution in [3.63, 3.8) is 0 Å². The van der Waals surface area contributed by atoms with Crippen LogP contribution in [0.3, 0.4) is 0 Å². The second-order valence-corrected chi connectivity index (χ2v) is 12.0. The summed E-state index contributed by atoms with van der Waals surface area (Å²) >= 11 is 0. The highest BCUT2D eigenvalue weighted by Gasteiger charge is 2.59. The molecule has 4 aliphatic carbocycles. The van der Waals surface area contributed by atoms with Crippen LogP contribution in [-0.4, -0.2) is 38.3 Å². The summed E-state index contributed by atoms with van der Waals surface area (Å²) < 4.78 is 6.38. The molecule has 162 valence electrons. The molecule has 0 saturated heterocycles. The first kappa shape index (κ1) is 21.2. The molecule has 0 aromatic carbocycles. The number of nitrogens with zero attached hydrogens (tertiary/aromatic N) is 1. The summed E-state index contributed by atoms with van der Waals surface area (Å²) in [6, 6.07) is 0. The van der Waals surface area contributed by atoms with E-state index in [1.165, 1.54) is 77.2 Å². The van der Waals surface area contributed by atoms with Crippen LogP contribution < -0.4 is 0 Å². The summed E-state index contributed by atoms with van der Waals surface area (Å²) in [6.07, 6.45) is 16.2. The van der Waals surface area contributed by atoms with Gasteiger partial charge in [0.1, 0.15) is 0 Å². The van der Waals surface area contributed by atoms with Gasteiger partial charge in [-0.1, -0.05) is 20.8 Å². The third-order valence-electron chi connectivity index (χ3n) is 10.4. The predicted octanol–water partition coefficient (Wildman–Crippen LogP) is 6.39. The molecule has 4 rings (SSSR count). The Kier molecular flexibility index (Phi) is 6.21. The molecule has 2 nitrogen and oxygen atoms in total. The lowest BCUT2D eigenvalue weighted by atomic mass is 9.45. The average Bonchev–Trinajstić information content (AvgIpc) is 2.96. The Morgan fingerprint density at radius 2 is 1.61 bits per heavy atom. The highest BCUT2D eigenvalue weighted by molar-refractivity contribution is 5.08. The van der Waals surface area contributed by atoms with Crippen LogP contribution >= 0.6 is 0 Å². The fraction of sp³-hybridized carbons (Fsp3) is 1.00. The maximum Gasteiger partial charge on any atom is 0.0578 e. The minimum Gasteiger partial charge on any atom is -0.378 e. The molecular weight excluding hydrogens is 342 g/mol. The molecule has 0 radical (unpaired) electrons. The van der Waals surface area contributed by atoms with E-state index in [2.05, 4.69) is 39.8 Å². The first-order valence-electron chi connectivity index (χ1n) is 12.6. The van der Waals surface area contributed by atoms with Crippen LogP contribution in [-0.2, 0) is 4.74 Å². The van der Waals surface area contributed by atoms with E-state index in [4.69, 9.17) is 4.74 Å². The highest BCUT2D eigenvalue weighted by atomic mass is 16.5. The number of ether oxygens (including phenoxy) is 1. The molecule has 0 aromatic rings. The lowest BCUT2D eigenvalue weighted by molar-refractivity contribution is -0.133. The molecular formula is C26H47NO. The Balaban J connectivity index is 1.33. The van der Waals surface area contributed by atoms with Crippen molar-refractivity contribution in [3.05, 3.63) is 0 Å². The Morgan fingerprint density at radius 1 is 0.857 bits per heavy atom. The molecule has 4 unspecified atom stereocenters. The molecule has 0 aliphatic heterocycles. The van der Waals surface area contributed by atoms with Crippen LogP contribution in [0.25, 0.3) is 0 Å². The van der Waals surface area contributed by atoms with Gasteiger partial charge in [-0.3, -0.25) is 0 Å². The third-order valence-corrected chi connectivity index (χ3v) is 10.4. The smallest absolute Gasteiger partial charge is 0.0578 e. The monoisotopic (exact) mass is 389 g/mol.